The van der Waals surface area contributed by atoms with Gasteiger partial charge >= 0.3 is 0 Å². The molecule has 0 saturated heterocycles. The van der Waals surface area contributed by atoms with Crippen LogP contribution in [0.25, 0.3) is 0 Å². The van der Waals surface area contributed by atoms with Gasteiger partial charge in [-0.3, -0.25) is 10.1 Å². The van der Waals surface area contributed by atoms with Crippen LogP contribution in [0.4, 0.5) is 10.1 Å². The Hall–Kier alpha value is -2.84. The van der Waals surface area contributed by atoms with E-state index in [-0.39, 0.29) is 11.4 Å². The van der Waals surface area contributed by atoms with E-state index >= 15 is 0 Å². The Morgan fingerprint density at radius 2 is 1.76 bits per heavy atom. The molecule has 2 aromatic rings. The number of hydrogen-bond donors (Lipinski definition) is 1. The van der Waals surface area contributed by atoms with Gasteiger partial charge in [0.05, 0.1) is 4.92 Å². The van der Waals surface area contributed by atoms with Gasteiger partial charge in [-0.15, -0.1) is 5.06 Å². The van der Waals surface area contributed by atoms with Crippen molar-refractivity contribution in [2.75, 3.05) is 0 Å². The van der Waals surface area contributed by atoms with Gasteiger partial charge in [0, 0.05) is 30.2 Å². The number of nitro groups is 1. The zero-order valence-electron chi connectivity index (χ0n) is 13.6. The van der Waals surface area contributed by atoms with Crippen molar-refractivity contribution in [1.82, 2.24) is 5.06 Å². The summed E-state index contributed by atoms with van der Waals surface area (Å²) in [5.41, 5.74) is -0.391. The number of rotatable bonds is 3. The lowest BCUT2D eigenvalue weighted by Gasteiger charge is -2.29. The predicted molar refractivity (Wildman–Crippen MR) is 87.7 cm³/mol. The number of halogens is 1. The first-order valence-electron chi connectivity index (χ1n) is 7.60. The molecule has 1 aliphatic heterocycles. The van der Waals surface area contributed by atoms with Crippen molar-refractivity contribution < 1.29 is 19.3 Å². The molecule has 0 saturated carbocycles. The minimum Gasteiger partial charge on any atom is -0.622 e. The summed E-state index contributed by atoms with van der Waals surface area (Å²) in [7, 11) is 0. The molecule has 2 atom stereocenters. The molecular weight excluding hydrogens is 329 g/mol. The number of nitrogens with zero attached hydrogens (tertiary/aromatic N) is 3. The van der Waals surface area contributed by atoms with E-state index in [1.54, 1.807) is 6.92 Å². The van der Waals surface area contributed by atoms with Gasteiger partial charge in [-0.1, -0.05) is 0 Å². The van der Waals surface area contributed by atoms with Crippen molar-refractivity contribution in [3.05, 3.63) is 80.8 Å². The van der Waals surface area contributed by atoms with Crippen LogP contribution in [0.2, 0.25) is 0 Å². The Morgan fingerprint density at radius 3 is 2.28 bits per heavy atom. The zero-order valence-corrected chi connectivity index (χ0v) is 13.6. The summed E-state index contributed by atoms with van der Waals surface area (Å²) in [4.78, 5) is 10.3. The molecule has 0 fully saturated rings. The SMILES string of the molecule is CC1C(c2ccc(F)cc2)=[N+]([O-])C(C)(c2ccc([N+](=O)[O-])cc2)N1O. The largest absolute Gasteiger partial charge is 0.622 e. The van der Waals surface area contributed by atoms with Crippen LogP contribution in [0.15, 0.2) is 48.5 Å². The Kier molecular flexibility index (Phi) is 4.02. The highest BCUT2D eigenvalue weighted by Crippen LogP contribution is 2.36. The Morgan fingerprint density at radius 1 is 1.20 bits per heavy atom. The maximum Gasteiger partial charge on any atom is 0.274 e. The third-order valence-corrected chi connectivity index (χ3v) is 4.59. The van der Waals surface area contributed by atoms with Crippen molar-refractivity contribution in [3.8, 4) is 0 Å². The van der Waals surface area contributed by atoms with Crippen molar-refractivity contribution in [2.45, 2.75) is 25.6 Å². The average molecular weight is 345 g/mol. The molecular formula is C17H16FN3O4. The molecule has 2 unspecified atom stereocenters. The molecule has 25 heavy (non-hydrogen) atoms. The monoisotopic (exact) mass is 345 g/mol. The second kappa shape index (κ2) is 5.91. The molecule has 1 heterocycles. The highest BCUT2D eigenvalue weighted by molar-refractivity contribution is 6.01. The van der Waals surface area contributed by atoms with E-state index in [2.05, 4.69) is 0 Å². The second-order valence-electron chi connectivity index (χ2n) is 6.03. The summed E-state index contributed by atoms with van der Waals surface area (Å²) in [5.74, 6) is -0.425. The van der Waals surface area contributed by atoms with E-state index in [1.165, 1.54) is 55.5 Å². The van der Waals surface area contributed by atoms with Crippen molar-refractivity contribution in [3.63, 3.8) is 0 Å². The van der Waals surface area contributed by atoms with E-state index in [0.717, 1.165) is 5.06 Å². The van der Waals surface area contributed by atoms with Gasteiger partial charge in [0.2, 0.25) is 5.71 Å². The van der Waals surface area contributed by atoms with E-state index in [4.69, 9.17) is 0 Å². The fourth-order valence-electron chi connectivity index (χ4n) is 3.12. The molecule has 0 radical (unpaired) electrons. The van der Waals surface area contributed by atoms with Crippen LogP contribution in [-0.4, -0.2) is 31.7 Å². The molecule has 1 aliphatic rings. The first kappa shape index (κ1) is 17.0. The van der Waals surface area contributed by atoms with Crippen LogP contribution in [0.3, 0.4) is 0 Å². The van der Waals surface area contributed by atoms with Gasteiger partial charge in [-0.25, -0.2) is 4.39 Å². The lowest BCUT2D eigenvalue weighted by molar-refractivity contribution is -0.595. The number of hydrogen-bond acceptors (Lipinski definition) is 5. The van der Waals surface area contributed by atoms with Gasteiger partial charge in [0.15, 0.2) is 0 Å². The zero-order chi connectivity index (χ0) is 18.4. The fourth-order valence-corrected chi connectivity index (χ4v) is 3.12. The van der Waals surface area contributed by atoms with Gasteiger partial charge in [-0.05, 0) is 43.3 Å². The molecule has 0 amide bonds. The highest BCUT2D eigenvalue weighted by Gasteiger charge is 2.54. The molecule has 0 aliphatic carbocycles. The van der Waals surface area contributed by atoms with Gasteiger partial charge in [0.25, 0.3) is 11.4 Å². The molecule has 130 valence electrons. The van der Waals surface area contributed by atoms with Crippen LogP contribution in [-0.2, 0) is 5.66 Å². The number of benzene rings is 2. The molecule has 1 N–H and O–H groups in total. The Bertz CT molecular complexity index is 851. The van der Waals surface area contributed by atoms with Gasteiger partial charge < -0.3 is 10.4 Å². The third kappa shape index (κ3) is 2.55. The van der Waals surface area contributed by atoms with Crippen LogP contribution in [0.5, 0.6) is 0 Å². The van der Waals surface area contributed by atoms with Gasteiger partial charge in [-0.2, -0.15) is 4.74 Å². The molecule has 0 spiro atoms. The average Bonchev–Trinajstić information content (AvgIpc) is 2.78. The molecule has 0 bridgehead atoms. The van der Waals surface area contributed by atoms with E-state index < -0.39 is 22.4 Å². The predicted octanol–water partition coefficient (Wildman–Crippen LogP) is 3.00. The number of non-ortho nitro benzene ring substituents is 1. The fraction of sp³-hybridized carbons (Fsp3) is 0.235. The van der Waals surface area contributed by atoms with Crippen LogP contribution in [0.1, 0.15) is 25.0 Å². The third-order valence-electron chi connectivity index (χ3n) is 4.59. The van der Waals surface area contributed by atoms with Crippen molar-refractivity contribution in [1.29, 1.82) is 0 Å². The number of hydroxylamine groups is 3. The van der Waals surface area contributed by atoms with E-state index in [9.17, 15) is 24.9 Å². The lowest BCUT2D eigenvalue weighted by atomic mass is 10.0. The summed E-state index contributed by atoms with van der Waals surface area (Å²) in [6.45, 7) is 3.18. The van der Waals surface area contributed by atoms with Crippen molar-refractivity contribution >= 4 is 11.4 Å². The molecule has 3 rings (SSSR count). The Balaban J connectivity index is 2.11. The number of nitro benzene ring substituents is 1. The quantitative estimate of drug-likeness (QED) is 0.399. The minimum absolute atomic E-state index is 0.108. The standard InChI is InChI=1S/C17H16FN3O4/c1-11-16(12-3-7-14(18)8-4-12)20(23)17(2,19(11)22)13-5-9-15(10-6-13)21(24)25/h3-11,22H,1-2H3. The maximum atomic E-state index is 13.1. The normalized spacial score (nSPS) is 23.9. The lowest BCUT2D eigenvalue weighted by Crippen LogP contribution is -2.45. The van der Waals surface area contributed by atoms with Gasteiger partial charge in [0.1, 0.15) is 11.9 Å². The first-order valence-corrected chi connectivity index (χ1v) is 7.60. The summed E-state index contributed by atoms with van der Waals surface area (Å²) in [6, 6.07) is 10.2. The maximum absolute atomic E-state index is 13.1. The topological polar surface area (TPSA) is 92.7 Å². The molecule has 2 aromatic carbocycles. The first-order chi connectivity index (χ1) is 11.8. The van der Waals surface area contributed by atoms with E-state index in [1.807, 2.05) is 0 Å². The summed E-state index contributed by atoms with van der Waals surface area (Å²) >= 11 is 0. The molecule has 8 heteroatoms. The molecule has 7 nitrogen and oxygen atoms in total. The van der Waals surface area contributed by atoms with Crippen molar-refractivity contribution in [2.24, 2.45) is 0 Å². The van der Waals surface area contributed by atoms with Crippen LogP contribution in [0, 0.1) is 21.1 Å². The summed E-state index contributed by atoms with van der Waals surface area (Å²) < 4.78 is 13.8. The van der Waals surface area contributed by atoms with Crippen LogP contribution >= 0.6 is 0 Å². The van der Waals surface area contributed by atoms with Crippen LogP contribution < -0.4 is 0 Å². The van der Waals surface area contributed by atoms with E-state index in [0.29, 0.717) is 15.9 Å². The Labute approximate surface area is 142 Å². The smallest absolute Gasteiger partial charge is 0.274 e. The minimum atomic E-state index is -1.46. The molecule has 0 aromatic heterocycles. The highest BCUT2D eigenvalue weighted by atomic mass is 19.1. The summed E-state index contributed by atoms with van der Waals surface area (Å²) in [6.07, 6.45) is 0. The second-order valence-corrected chi connectivity index (χ2v) is 6.03. The summed E-state index contributed by atoms with van der Waals surface area (Å²) in [5, 5.41) is 35.3.